The lowest BCUT2D eigenvalue weighted by atomic mass is 10.1. The van der Waals surface area contributed by atoms with Crippen molar-refractivity contribution >= 4 is 23.2 Å². The molecule has 1 heterocycles. The quantitative estimate of drug-likeness (QED) is 0.842. The van der Waals surface area contributed by atoms with Gasteiger partial charge in [-0.2, -0.15) is 0 Å². The fourth-order valence-corrected chi connectivity index (χ4v) is 3.25. The summed E-state index contributed by atoms with van der Waals surface area (Å²) < 4.78 is 0. The van der Waals surface area contributed by atoms with Crippen LogP contribution in [0.4, 0.5) is 11.4 Å². The highest BCUT2D eigenvalue weighted by Gasteiger charge is 2.18. The second-order valence-electron chi connectivity index (χ2n) is 7.13. The molecule has 3 rings (SSSR count). The first-order valence-electron chi connectivity index (χ1n) is 9.53. The van der Waals surface area contributed by atoms with Gasteiger partial charge in [-0.1, -0.05) is 12.1 Å². The van der Waals surface area contributed by atoms with E-state index in [9.17, 15) is 9.59 Å². The van der Waals surface area contributed by atoms with Gasteiger partial charge in [-0.3, -0.25) is 9.59 Å². The fourth-order valence-electron chi connectivity index (χ4n) is 3.25. The fraction of sp³-hybridized carbons (Fsp3) is 0.364. The number of carbonyl (C=O) groups excluding carboxylic acids is 2. The lowest BCUT2D eigenvalue weighted by molar-refractivity contribution is -0.114. The minimum Gasteiger partial charge on any atom is -0.376 e. The van der Waals surface area contributed by atoms with Gasteiger partial charge in [0, 0.05) is 30.0 Å². The van der Waals surface area contributed by atoms with E-state index in [1.54, 1.807) is 0 Å². The number of carbonyl (C=O) groups is 2. The van der Waals surface area contributed by atoms with E-state index in [1.165, 1.54) is 12.0 Å². The Morgan fingerprint density at radius 2 is 1.70 bits per heavy atom. The maximum atomic E-state index is 12.6. The summed E-state index contributed by atoms with van der Waals surface area (Å²) in [6.07, 6.45) is 3.34. The van der Waals surface area contributed by atoms with Gasteiger partial charge in [-0.05, 0) is 74.6 Å². The van der Waals surface area contributed by atoms with Gasteiger partial charge in [-0.25, -0.2) is 0 Å². The summed E-state index contributed by atoms with van der Waals surface area (Å²) in [7, 11) is 0. The number of piperidine rings is 1. The Labute approximate surface area is 160 Å². The molecule has 2 amide bonds. The SMILES string of the molecule is Cc1ccc(NC(=O)CNc2cccc(C(=O)N3CCCCC3)c2)cc1C. The van der Waals surface area contributed by atoms with Crippen LogP contribution in [0.1, 0.15) is 40.7 Å². The van der Waals surface area contributed by atoms with Crippen LogP contribution in [0.5, 0.6) is 0 Å². The van der Waals surface area contributed by atoms with Gasteiger partial charge in [0.05, 0.1) is 6.54 Å². The third kappa shape index (κ3) is 5.09. The van der Waals surface area contributed by atoms with Crippen LogP contribution in [0.3, 0.4) is 0 Å². The molecule has 0 unspecified atom stereocenters. The number of amides is 2. The van der Waals surface area contributed by atoms with E-state index >= 15 is 0 Å². The van der Waals surface area contributed by atoms with Gasteiger partial charge in [0.15, 0.2) is 0 Å². The number of anilines is 2. The second kappa shape index (κ2) is 8.71. The zero-order chi connectivity index (χ0) is 19.2. The molecule has 0 radical (unpaired) electrons. The Bertz CT molecular complexity index is 826. The van der Waals surface area contributed by atoms with Crippen LogP contribution in [0.2, 0.25) is 0 Å². The van der Waals surface area contributed by atoms with E-state index in [1.807, 2.05) is 61.2 Å². The average Bonchev–Trinajstić information content (AvgIpc) is 2.69. The molecule has 5 nitrogen and oxygen atoms in total. The van der Waals surface area contributed by atoms with Gasteiger partial charge in [0.1, 0.15) is 0 Å². The third-order valence-electron chi connectivity index (χ3n) is 5.00. The molecule has 142 valence electrons. The van der Waals surface area contributed by atoms with Crippen LogP contribution in [-0.2, 0) is 4.79 Å². The predicted molar refractivity (Wildman–Crippen MR) is 109 cm³/mol. The van der Waals surface area contributed by atoms with Crippen molar-refractivity contribution in [3.63, 3.8) is 0 Å². The van der Waals surface area contributed by atoms with Crippen LogP contribution >= 0.6 is 0 Å². The molecule has 2 N–H and O–H groups in total. The molecule has 27 heavy (non-hydrogen) atoms. The number of hydrogen-bond acceptors (Lipinski definition) is 3. The van der Waals surface area contributed by atoms with Crippen molar-refractivity contribution in [2.45, 2.75) is 33.1 Å². The van der Waals surface area contributed by atoms with Crippen LogP contribution in [0.15, 0.2) is 42.5 Å². The summed E-state index contributed by atoms with van der Waals surface area (Å²) in [6, 6.07) is 13.2. The second-order valence-corrected chi connectivity index (χ2v) is 7.13. The van der Waals surface area contributed by atoms with Crippen molar-refractivity contribution in [2.24, 2.45) is 0 Å². The predicted octanol–water partition coefficient (Wildman–Crippen LogP) is 3.98. The molecule has 0 aromatic heterocycles. The monoisotopic (exact) mass is 365 g/mol. The highest BCUT2D eigenvalue weighted by molar-refractivity contribution is 5.96. The molecule has 5 heteroatoms. The van der Waals surface area contributed by atoms with Gasteiger partial charge in [0.2, 0.25) is 5.91 Å². The van der Waals surface area contributed by atoms with E-state index in [2.05, 4.69) is 10.6 Å². The topological polar surface area (TPSA) is 61.4 Å². The van der Waals surface area contributed by atoms with E-state index in [0.717, 1.165) is 42.9 Å². The first kappa shape index (κ1) is 19.0. The summed E-state index contributed by atoms with van der Waals surface area (Å²) >= 11 is 0. The Morgan fingerprint density at radius 1 is 0.926 bits per heavy atom. The minimum atomic E-state index is -0.119. The summed E-state index contributed by atoms with van der Waals surface area (Å²) in [5.74, 6) is -0.0519. The molecule has 0 bridgehead atoms. The number of aryl methyl sites for hydroxylation is 2. The number of hydrogen-bond donors (Lipinski definition) is 2. The van der Waals surface area contributed by atoms with Crippen molar-refractivity contribution in [1.82, 2.24) is 4.90 Å². The molecule has 0 saturated carbocycles. The molecule has 1 aliphatic heterocycles. The van der Waals surface area contributed by atoms with Crippen LogP contribution in [-0.4, -0.2) is 36.3 Å². The summed E-state index contributed by atoms with van der Waals surface area (Å²) in [4.78, 5) is 26.7. The van der Waals surface area contributed by atoms with Crippen LogP contribution < -0.4 is 10.6 Å². The van der Waals surface area contributed by atoms with Crippen molar-refractivity contribution in [1.29, 1.82) is 0 Å². The maximum absolute atomic E-state index is 12.6. The molecule has 0 atom stereocenters. The first-order valence-corrected chi connectivity index (χ1v) is 9.53. The van der Waals surface area contributed by atoms with E-state index < -0.39 is 0 Å². The average molecular weight is 365 g/mol. The molecule has 2 aromatic rings. The van der Waals surface area contributed by atoms with Gasteiger partial charge < -0.3 is 15.5 Å². The highest BCUT2D eigenvalue weighted by atomic mass is 16.2. The van der Waals surface area contributed by atoms with E-state index in [-0.39, 0.29) is 18.4 Å². The first-order chi connectivity index (χ1) is 13.0. The van der Waals surface area contributed by atoms with Crippen molar-refractivity contribution < 1.29 is 9.59 Å². The van der Waals surface area contributed by atoms with Crippen molar-refractivity contribution in [3.8, 4) is 0 Å². The Kier molecular flexibility index (Phi) is 6.12. The Morgan fingerprint density at radius 3 is 2.44 bits per heavy atom. The summed E-state index contributed by atoms with van der Waals surface area (Å²) in [5.41, 5.74) is 4.56. The maximum Gasteiger partial charge on any atom is 0.253 e. The number of rotatable bonds is 5. The molecule has 1 aliphatic rings. The highest BCUT2D eigenvalue weighted by Crippen LogP contribution is 2.17. The van der Waals surface area contributed by atoms with Crippen LogP contribution in [0, 0.1) is 13.8 Å². The lowest BCUT2D eigenvalue weighted by Crippen LogP contribution is -2.35. The van der Waals surface area contributed by atoms with Crippen molar-refractivity contribution in [2.75, 3.05) is 30.3 Å². The van der Waals surface area contributed by atoms with E-state index in [0.29, 0.717) is 5.56 Å². The molecule has 1 saturated heterocycles. The number of likely N-dealkylation sites (tertiary alicyclic amines) is 1. The normalized spacial score (nSPS) is 13.9. The summed E-state index contributed by atoms with van der Waals surface area (Å²) in [6.45, 7) is 5.87. The standard InChI is InChI=1S/C22H27N3O2/c1-16-9-10-20(13-17(16)2)24-21(26)15-23-19-8-6-7-18(14-19)22(27)25-11-4-3-5-12-25/h6-10,13-14,23H,3-5,11-12,15H2,1-2H3,(H,24,26). The molecule has 2 aromatic carbocycles. The molecule has 0 spiro atoms. The molecular formula is C22H27N3O2. The molecular weight excluding hydrogens is 338 g/mol. The van der Waals surface area contributed by atoms with Crippen molar-refractivity contribution in [3.05, 3.63) is 59.2 Å². The Hall–Kier alpha value is -2.82. The molecule has 1 fully saturated rings. The lowest BCUT2D eigenvalue weighted by Gasteiger charge is -2.26. The molecule has 0 aliphatic carbocycles. The largest absolute Gasteiger partial charge is 0.376 e. The third-order valence-corrected chi connectivity index (χ3v) is 5.00. The number of nitrogens with zero attached hydrogens (tertiary/aromatic N) is 1. The minimum absolute atomic E-state index is 0.0675. The van der Waals surface area contributed by atoms with E-state index in [4.69, 9.17) is 0 Å². The zero-order valence-corrected chi connectivity index (χ0v) is 16.0. The van der Waals surface area contributed by atoms with Gasteiger partial charge in [-0.15, -0.1) is 0 Å². The van der Waals surface area contributed by atoms with Gasteiger partial charge >= 0.3 is 0 Å². The zero-order valence-electron chi connectivity index (χ0n) is 16.0. The number of benzene rings is 2. The van der Waals surface area contributed by atoms with Gasteiger partial charge in [0.25, 0.3) is 5.91 Å². The summed E-state index contributed by atoms with van der Waals surface area (Å²) in [5, 5.41) is 6.00. The number of nitrogens with one attached hydrogen (secondary N) is 2. The Balaban J connectivity index is 1.56. The smallest absolute Gasteiger partial charge is 0.253 e. The van der Waals surface area contributed by atoms with Crippen LogP contribution in [0.25, 0.3) is 0 Å².